The Kier molecular flexibility index (Phi) is 4.33. The Labute approximate surface area is 132 Å². The number of nitrogens with one attached hydrogen (secondary N) is 1. The van der Waals surface area contributed by atoms with E-state index in [4.69, 9.17) is 9.84 Å². The van der Waals surface area contributed by atoms with Crippen LogP contribution in [0.2, 0.25) is 0 Å². The number of amides is 2. The fraction of sp³-hybridized carbons (Fsp3) is 0.643. The number of hydrogen-bond donors (Lipinski definition) is 3. The maximum absolute atomic E-state index is 12.3. The van der Waals surface area contributed by atoms with Gasteiger partial charge in [-0.3, -0.25) is 14.3 Å². The predicted octanol–water partition coefficient (Wildman–Crippen LogP) is -1.79. The van der Waals surface area contributed by atoms with Crippen LogP contribution in [0.25, 0.3) is 0 Å². The van der Waals surface area contributed by atoms with E-state index in [0.717, 1.165) is 0 Å². The molecule has 1 saturated heterocycles. The maximum atomic E-state index is 12.3. The molecule has 0 spiro atoms. The SMILES string of the molecule is CN1CCn2nc(C(=O)N[C@H]3CCO[C@H](CO)[C@H]3O)cc2C1=O. The van der Waals surface area contributed by atoms with Gasteiger partial charge in [0, 0.05) is 26.3 Å². The van der Waals surface area contributed by atoms with Crippen molar-refractivity contribution in [1.82, 2.24) is 20.0 Å². The number of aliphatic hydroxyl groups excluding tert-OH is 2. The van der Waals surface area contributed by atoms with Gasteiger partial charge in [-0.1, -0.05) is 0 Å². The number of aliphatic hydroxyl groups is 2. The van der Waals surface area contributed by atoms with Crippen LogP contribution in [0, 0.1) is 0 Å². The molecule has 9 heteroatoms. The first-order valence-corrected chi connectivity index (χ1v) is 7.56. The topological polar surface area (TPSA) is 117 Å². The van der Waals surface area contributed by atoms with Gasteiger partial charge < -0.3 is 25.2 Å². The van der Waals surface area contributed by atoms with Crippen LogP contribution in [-0.2, 0) is 11.3 Å². The van der Waals surface area contributed by atoms with Crippen molar-refractivity contribution in [3.63, 3.8) is 0 Å². The van der Waals surface area contributed by atoms with Gasteiger partial charge in [0.15, 0.2) is 5.69 Å². The molecular formula is C14H20N4O5. The Hall–Kier alpha value is -1.97. The molecule has 9 nitrogen and oxygen atoms in total. The Morgan fingerprint density at radius 1 is 1.52 bits per heavy atom. The molecule has 0 radical (unpaired) electrons. The Balaban J connectivity index is 1.72. The molecule has 0 aliphatic carbocycles. The van der Waals surface area contributed by atoms with Crippen LogP contribution in [0.4, 0.5) is 0 Å². The van der Waals surface area contributed by atoms with Gasteiger partial charge >= 0.3 is 0 Å². The fourth-order valence-corrected chi connectivity index (χ4v) is 2.85. The van der Waals surface area contributed by atoms with Crippen molar-refractivity contribution in [1.29, 1.82) is 0 Å². The second-order valence-electron chi connectivity index (χ2n) is 5.82. The largest absolute Gasteiger partial charge is 0.394 e. The van der Waals surface area contributed by atoms with Crippen LogP contribution < -0.4 is 5.32 Å². The van der Waals surface area contributed by atoms with E-state index in [1.54, 1.807) is 11.9 Å². The van der Waals surface area contributed by atoms with Crippen molar-refractivity contribution in [2.45, 2.75) is 31.2 Å². The quantitative estimate of drug-likeness (QED) is 0.604. The molecule has 0 saturated carbocycles. The molecule has 0 aromatic carbocycles. The highest BCUT2D eigenvalue weighted by Gasteiger charge is 2.34. The lowest BCUT2D eigenvalue weighted by molar-refractivity contribution is -0.107. The number of aromatic nitrogens is 2. The molecule has 3 N–H and O–H groups in total. The standard InChI is InChI=1S/C14H20N4O5/c1-17-3-4-18-10(14(17)22)6-9(16-18)13(21)15-8-2-5-23-11(7-19)12(8)20/h6,8,11-12,19-20H,2-5,7H2,1H3,(H,15,21)/t8-,11+,12-/m0/s1. The second-order valence-corrected chi connectivity index (χ2v) is 5.82. The van der Waals surface area contributed by atoms with Crippen LogP contribution in [0.1, 0.15) is 27.4 Å². The Morgan fingerprint density at radius 3 is 3.04 bits per heavy atom. The van der Waals surface area contributed by atoms with Gasteiger partial charge in [0.05, 0.1) is 19.2 Å². The van der Waals surface area contributed by atoms with E-state index in [2.05, 4.69) is 10.4 Å². The molecule has 1 aromatic rings. The smallest absolute Gasteiger partial charge is 0.272 e. The first-order valence-electron chi connectivity index (χ1n) is 7.56. The van der Waals surface area contributed by atoms with Crippen molar-refractivity contribution in [3.8, 4) is 0 Å². The average Bonchev–Trinajstić information content (AvgIpc) is 2.98. The van der Waals surface area contributed by atoms with Crippen molar-refractivity contribution >= 4 is 11.8 Å². The van der Waals surface area contributed by atoms with Crippen LogP contribution >= 0.6 is 0 Å². The fourth-order valence-electron chi connectivity index (χ4n) is 2.85. The molecule has 3 atom stereocenters. The van der Waals surface area contributed by atoms with Crippen molar-refractivity contribution < 1.29 is 24.5 Å². The zero-order chi connectivity index (χ0) is 16.6. The summed E-state index contributed by atoms with van der Waals surface area (Å²) in [6, 6.07) is 0.938. The highest BCUT2D eigenvalue weighted by molar-refractivity contribution is 5.98. The minimum absolute atomic E-state index is 0.142. The summed E-state index contributed by atoms with van der Waals surface area (Å²) in [5, 5.41) is 26.1. The van der Waals surface area contributed by atoms with E-state index in [1.807, 2.05) is 0 Å². The molecule has 23 heavy (non-hydrogen) atoms. The lowest BCUT2D eigenvalue weighted by atomic mass is 10.00. The summed E-state index contributed by atoms with van der Waals surface area (Å²) in [6.45, 7) is 1.12. The molecule has 0 bridgehead atoms. The monoisotopic (exact) mass is 324 g/mol. The summed E-state index contributed by atoms with van der Waals surface area (Å²) >= 11 is 0. The molecular weight excluding hydrogens is 304 g/mol. The average molecular weight is 324 g/mol. The van der Waals surface area contributed by atoms with E-state index < -0.39 is 24.2 Å². The zero-order valence-corrected chi connectivity index (χ0v) is 12.8. The number of carbonyl (C=O) groups excluding carboxylic acids is 2. The van der Waals surface area contributed by atoms with Gasteiger partial charge in [0.1, 0.15) is 17.9 Å². The number of fused-ring (bicyclic) bond motifs is 1. The van der Waals surface area contributed by atoms with Gasteiger partial charge in [-0.05, 0) is 6.42 Å². The molecule has 2 aliphatic heterocycles. The van der Waals surface area contributed by atoms with Gasteiger partial charge in [0.2, 0.25) is 0 Å². The lowest BCUT2D eigenvalue weighted by Crippen LogP contribution is -2.54. The summed E-state index contributed by atoms with van der Waals surface area (Å²) in [4.78, 5) is 25.9. The first kappa shape index (κ1) is 15.9. The number of nitrogens with zero attached hydrogens (tertiary/aromatic N) is 3. The van der Waals surface area contributed by atoms with Crippen molar-refractivity contribution in [2.75, 3.05) is 26.8 Å². The third-order valence-electron chi connectivity index (χ3n) is 4.28. The molecule has 2 aliphatic rings. The third-order valence-corrected chi connectivity index (χ3v) is 4.28. The lowest BCUT2D eigenvalue weighted by Gasteiger charge is -2.34. The summed E-state index contributed by atoms with van der Waals surface area (Å²) in [5.41, 5.74) is 0.521. The molecule has 126 valence electrons. The molecule has 0 unspecified atom stereocenters. The minimum Gasteiger partial charge on any atom is -0.394 e. The maximum Gasteiger partial charge on any atom is 0.272 e. The third kappa shape index (κ3) is 2.94. The molecule has 3 rings (SSSR count). The van der Waals surface area contributed by atoms with E-state index in [0.29, 0.717) is 31.8 Å². The van der Waals surface area contributed by atoms with Crippen LogP contribution in [-0.4, -0.2) is 81.8 Å². The minimum atomic E-state index is -0.984. The Morgan fingerprint density at radius 2 is 2.30 bits per heavy atom. The highest BCUT2D eigenvalue weighted by Crippen LogP contribution is 2.16. The van der Waals surface area contributed by atoms with E-state index in [1.165, 1.54) is 10.7 Å². The van der Waals surface area contributed by atoms with E-state index in [-0.39, 0.29) is 18.2 Å². The van der Waals surface area contributed by atoms with Gasteiger partial charge in [-0.2, -0.15) is 5.10 Å². The molecule has 1 fully saturated rings. The van der Waals surface area contributed by atoms with E-state index in [9.17, 15) is 14.7 Å². The Bertz CT molecular complexity index is 616. The second kappa shape index (κ2) is 6.26. The number of hydrogen-bond acceptors (Lipinski definition) is 6. The first-order chi connectivity index (χ1) is 11.0. The van der Waals surface area contributed by atoms with Crippen LogP contribution in [0.5, 0.6) is 0 Å². The van der Waals surface area contributed by atoms with E-state index >= 15 is 0 Å². The highest BCUT2D eigenvalue weighted by atomic mass is 16.5. The molecule has 1 aromatic heterocycles. The van der Waals surface area contributed by atoms with Crippen molar-refractivity contribution in [3.05, 3.63) is 17.5 Å². The van der Waals surface area contributed by atoms with Crippen molar-refractivity contribution in [2.24, 2.45) is 0 Å². The summed E-state index contributed by atoms with van der Waals surface area (Å²) in [6.07, 6.45) is -1.25. The number of likely N-dealkylation sites (N-methyl/N-ethyl adjacent to an activating group) is 1. The van der Waals surface area contributed by atoms with Crippen LogP contribution in [0.3, 0.4) is 0 Å². The molecule has 2 amide bonds. The number of carbonyl (C=O) groups is 2. The van der Waals surface area contributed by atoms with Gasteiger partial charge in [-0.15, -0.1) is 0 Å². The summed E-state index contributed by atoms with van der Waals surface area (Å²) in [5.74, 6) is -0.626. The zero-order valence-electron chi connectivity index (χ0n) is 12.8. The van der Waals surface area contributed by atoms with Crippen LogP contribution in [0.15, 0.2) is 6.07 Å². The number of rotatable bonds is 3. The number of ether oxygens (including phenoxy) is 1. The summed E-state index contributed by atoms with van der Waals surface area (Å²) in [7, 11) is 1.70. The molecule has 3 heterocycles. The van der Waals surface area contributed by atoms with Gasteiger partial charge in [0.25, 0.3) is 11.8 Å². The summed E-state index contributed by atoms with van der Waals surface area (Å²) < 4.78 is 6.75. The van der Waals surface area contributed by atoms with Gasteiger partial charge in [-0.25, -0.2) is 0 Å². The normalized spacial score (nSPS) is 27.7. The predicted molar refractivity (Wildman–Crippen MR) is 77.9 cm³/mol.